The molecular formula is C15H22N4O2S. The highest BCUT2D eigenvalue weighted by Crippen LogP contribution is 2.33. The quantitative estimate of drug-likeness (QED) is 0.592. The molecule has 2 rings (SSSR count). The standard InChI is InChI=1S/C15H22N4O2S/c1-3-21-14(20)9-13-17-18-15(22-11(2)10-16)19(13)12-7-5-4-6-8-12/h11-12H,3-9H2,1-2H3/t11-/m1/s1. The molecule has 0 N–H and O–H groups in total. The fourth-order valence-corrected chi connectivity index (χ4v) is 3.56. The lowest BCUT2D eigenvalue weighted by Gasteiger charge is -2.25. The Labute approximate surface area is 135 Å². The maximum atomic E-state index is 11.8. The van der Waals surface area contributed by atoms with Gasteiger partial charge in [0.05, 0.1) is 17.9 Å². The second-order valence-electron chi connectivity index (χ2n) is 5.43. The molecule has 0 saturated heterocycles. The van der Waals surface area contributed by atoms with Crippen LogP contribution in [0.2, 0.25) is 0 Å². The highest BCUT2D eigenvalue weighted by Gasteiger charge is 2.25. The van der Waals surface area contributed by atoms with Crippen LogP contribution < -0.4 is 0 Å². The van der Waals surface area contributed by atoms with E-state index >= 15 is 0 Å². The van der Waals surface area contributed by atoms with Crippen molar-refractivity contribution < 1.29 is 9.53 Å². The fourth-order valence-electron chi connectivity index (χ4n) is 2.74. The van der Waals surface area contributed by atoms with Gasteiger partial charge in [-0.25, -0.2) is 0 Å². The molecule has 6 nitrogen and oxygen atoms in total. The predicted octanol–water partition coefficient (Wildman–Crippen LogP) is 2.89. The summed E-state index contributed by atoms with van der Waals surface area (Å²) in [6, 6.07) is 2.53. The number of hydrogen-bond donors (Lipinski definition) is 0. The molecule has 1 aliphatic carbocycles. The predicted molar refractivity (Wildman–Crippen MR) is 83.4 cm³/mol. The van der Waals surface area contributed by atoms with Crippen LogP contribution in [0, 0.1) is 11.3 Å². The Hall–Kier alpha value is -1.55. The third-order valence-corrected chi connectivity index (χ3v) is 4.69. The van der Waals surface area contributed by atoms with Crippen LogP contribution in [0.25, 0.3) is 0 Å². The first kappa shape index (κ1) is 16.8. The van der Waals surface area contributed by atoms with Gasteiger partial charge >= 0.3 is 5.97 Å². The summed E-state index contributed by atoms with van der Waals surface area (Å²) in [4.78, 5) is 11.8. The van der Waals surface area contributed by atoms with Crippen molar-refractivity contribution in [2.75, 3.05) is 6.61 Å². The zero-order chi connectivity index (χ0) is 15.9. The van der Waals surface area contributed by atoms with Crippen LogP contribution in [0.4, 0.5) is 0 Å². The number of nitrogens with zero attached hydrogens (tertiary/aromatic N) is 4. The first-order valence-corrected chi connectivity index (χ1v) is 8.69. The van der Waals surface area contributed by atoms with Crippen molar-refractivity contribution in [1.82, 2.24) is 14.8 Å². The Balaban J connectivity index is 2.24. The molecule has 120 valence electrons. The highest BCUT2D eigenvalue weighted by molar-refractivity contribution is 8.00. The van der Waals surface area contributed by atoms with Crippen molar-refractivity contribution in [2.24, 2.45) is 0 Å². The molecule has 0 bridgehead atoms. The summed E-state index contributed by atoms with van der Waals surface area (Å²) in [5, 5.41) is 18.0. The minimum Gasteiger partial charge on any atom is -0.466 e. The van der Waals surface area contributed by atoms with Crippen LogP contribution in [-0.2, 0) is 16.0 Å². The number of thioether (sulfide) groups is 1. The van der Waals surface area contributed by atoms with E-state index in [1.807, 2.05) is 6.92 Å². The van der Waals surface area contributed by atoms with E-state index in [1.54, 1.807) is 6.92 Å². The summed E-state index contributed by atoms with van der Waals surface area (Å²) in [7, 11) is 0. The van der Waals surface area contributed by atoms with Crippen LogP contribution in [0.1, 0.15) is 57.8 Å². The van der Waals surface area contributed by atoms with Crippen LogP contribution >= 0.6 is 11.8 Å². The number of hydrogen-bond acceptors (Lipinski definition) is 6. The molecule has 1 aliphatic rings. The molecule has 0 amide bonds. The van der Waals surface area contributed by atoms with E-state index in [2.05, 4.69) is 20.8 Å². The Morgan fingerprint density at radius 1 is 1.45 bits per heavy atom. The summed E-state index contributed by atoms with van der Waals surface area (Å²) >= 11 is 1.40. The average Bonchev–Trinajstić information content (AvgIpc) is 2.90. The van der Waals surface area contributed by atoms with Gasteiger partial charge in [-0.2, -0.15) is 5.26 Å². The molecule has 7 heteroatoms. The largest absolute Gasteiger partial charge is 0.466 e. The van der Waals surface area contributed by atoms with E-state index in [1.165, 1.54) is 31.0 Å². The van der Waals surface area contributed by atoms with Crippen molar-refractivity contribution in [1.29, 1.82) is 5.26 Å². The molecule has 22 heavy (non-hydrogen) atoms. The molecule has 0 aromatic carbocycles. The average molecular weight is 322 g/mol. The topological polar surface area (TPSA) is 80.8 Å². The minimum absolute atomic E-state index is 0.138. The van der Waals surface area contributed by atoms with Gasteiger partial charge in [0, 0.05) is 6.04 Å². The summed E-state index contributed by atoms with van der Waals surface area (Å²) in [6.45, 7) is 4.00. The molecule has 1 aromatic rings. The maximum Gasteiger partial charge on any atom is 0.313 e. The Kier molecular flexibility index (Phi) is 6.25. The van der Waals surface area contributed by atoms with Gasteiger partial charge in [0.2, 0.25) is 0 Å². The molecule has 1 saturated carbocycles. The van der Waals surface area contributed by atoms with Crippen LogP contribution in [0.15, 0.2) is 5.16 Å². The van der Waals surface area contributed by atoms with E-state index in [-0.39, 0.29) is 17.6 Å². The van der Waals surface area contributed by atoms with Gasteiger partial charge in [0.1, 0.15) is 12.2 Å². The monoisotopic (exact) mass is 322 g/mol. The Morgan fingerprint density at radius 3 is 2.82 bits per heavy atom. The number of esters is 1. The van der Waals surface area contributed by atoms with Crippen LogP contribution in [-0.4, -0.2) is 32.6 Å². The van der Waals surface area contributed by atoms with E-state index in [0.717, 1.165) is 18.0 Å². The molecular weight excluding hydrogens is 300 g/mol. The molecule has 0 unspecified atom stereocenters. The van der Waals surface area contributed by atoms with Crippen molar-refractivity contribution in [3.05, 3.63) is 5.82 Å². The van der Waals surface area contributed by atoms with E-state index in [0.29, 0.717) is 18.5 Å². The van der Waals surface area contributed by atoms with Gasteiger partial charge in [-0.1, -0.05) is 31.0 Å². The van der Waals surface area contributed by atoms with Crippen LogP contribution in [0.5, 0.6) is 0 Å². The number of ether oxygens (including phenoxy) is 1. The number of carbonyl (C=O) groups excluding carboxylic acids is 1. The summed E-state index contributed by atoms with van der Waals surface area (Å²) in [5.74, 6) is 0.370. The fraction of sp³-hybridized carbons (Fsp3) is 0.733. The van der Waals surface area contributed by atoms with E-state index < -0.39 is 0 Å². The lowest BCUT2D eigenvalue weighted by Crippen LogP contribution is -2.19. The second-order valence-corrected chi connectivity index (χ2v) is 6.74. The molecule has 1 heterocycles. The molecule has 1 fully saturated rings. The number of aromatic nitrogens is 3. The molecule has 0 spiro atoms. The third-order valence-electron chi connectivity index (χ3n) is 3.75. The van der Waals surface area contributed by atoms with E-state index in [4.69, 9.17) is 10.00 Å². The summed E-state index contributed by atoms with van der Waals surface area (Å²) in [5.41, 5.74) is 0. The zero-order valence-corrected chi connectivity index (χ0v) is 13.9. The number of nitriles is 1. The second kappa shape index (κ2) is 8.18. The lowest BCUT2D eigenvalue weighted by atomic mass is 9.95. The van der Waals surface area contributed by atoms with E-state index in [9.17, 15) is 4.79 Å². The van der Waals surface area contributed by atoms with Gasteiger partial charge in [-0.3, -0.25) is 4.79 Å². The van der Waals surface area contributed by atoms with Crippen LogP contribution in [0.3, 0.4) is 0 Å². The SMILES string of the molecule is CCOC(=O)Cc1nnc(S[C@H](C)C#N)n1C1CCCCC1. The van der Waals surface area contributed by atoms with Crippen molar-refractivity contribution >= 4 is 17.7 Å². The Morgan fingerprint density at radius 2 is 2.18 bits per heavy atom. The van der Waals surface area contributed by atoms with Crippen molar-refractivity contribution in [3.63, 3.8) is 0 Å². The molecule has 0 aliphatic heterocycles. The zero-order valence-electron chi connectivity index (χ0n) is 13.1. The minimum atomic E-state index is -0.281. The Bertz CT molecular complexity index is 546. The number of carbonyl (C=O) groups is 1. The summed E-state index contributed by atoms with van der Waals surface area (Å²) < 4.78 is 7.08. The molecule has 0 radical (unpaired) electrons. The highest BCUT2D eigenvalue weighted by atomic mass is 32.2. The lowest BCUT2D eigenvalue weighted by molar-refractivity contribution is -0.142. The van der Waals surface area contributed by atoms with Gasteiger partial charge < -0.3 is 9.30 Å². The normalized spacial score (nSPS) is 17.0. The first-order chi connectivity index (χ1) is 10.7. The first-order valence-electron chi connectivity index (χ1n) is 7.81. The smallest absolute Gasteiger partial charge is 0.313 e. The maximum absolute atomic E-state index is 11.8. The van der Waals surface area contributed by atoms with Gasteiger partial charge in [0.15, 0.2) is 5.16 Å². The van der Waals surface area contributed by atoms with Gasteiger partial charge in [-0.05, 0) is 26.7 Å². The van der Waals surface area contributed by atoms with Gasteiger partial charge in [-0.15, -0.1) is 10.2 Å². The molecule has 1 aromatic heterocycles. The van der Waals surface area contributed by atoms with Crippen molar-refractivity contribution in [2.45, 2.75) is 68.8 Å². The third kappa shape index (κ3) is 4.23. The van der Waals surface area contributed by atoms with Crippen molar-refractivity contribution in [3.8, 4) is 6.07 Å². The summed E-state index contributed by atoms with van der Waals surface area (Å²) in [6.07, 6.45) is 5.89. The molecule has 1 atom stereocenters. The number of rotatable bonds is 6. The van der Waals surface area contributed by atoms with Gasteiger partial charge in [0.25, 0.3) is 0 Å².